The van der Waals surface area contributed by atoms with Gasteiger partial charge in [0.25, 0.3) is 0 Å². The molecule has 0 bridgehead atoms. The summed E-state index contributed by atoms with van der Waals surface area (Å²) in [7, 11) is 0. The summed E-state index contributed by atoms with van der Waals surface area (Å²) in [5.74, 6) is 4.84. The summed E-state index contributed by atoms with van der Waals surface area (Å²) in [6.45, 7) is 3.61. The van der Waals surface area contributed by atoms with E-state index in [1.165, 1.54) is 6.92 Å². The number of thioether (sulfide) groups is 1. The largest absolute Gasteiger partial charge is 0.271 e. The molecule has 2 aromatic carbocycles. The second-order valence-corrected chi connectivity index (χ2v) is 6.04. The third-order valence-electron chi connectivity index (χ3n) is 3.31. The molecule has 0 spiro atoms. The Bertz CT molecular complexity index is 614. The molecule has 0 amide bonds. The van der Waals surface area contributed by atoms with Crippen LogP contribution in [0.5, 0.6) is 0 Å². The zero-order valence-corrected chi connectivity index (χ0v) is 12.8. The predicted octanol–water partition coefficient (Wildman–Crippen LogP) is 3.94. The van der Waals surface area contributed by atoms with E-state index in [2.05, 4.69) is 12.3 Å². The fraction of sp³-hybridized carbons (Fsp3) is 0.250. The molecule has 2 rings (SSSR count). The van der Waals surface area contributed by atoms with Crippen LogP contribution in [0.4, 0.5) is 8.78 Å². The maximum atomic E-state index is 14.1. The first kappa shape index (κ1) is 15.9. The number of nitrogens with two attached hydrogens (primary N) is 1. The Morgan fingerprint density at radius 3 is 2.33 bits per heavy atom. The average Bonchev–Trinajstić information content (AvgIpc) is 2.50. The Labute approximate surface area is 127 Å². The third-order valence-corrected chi connectivity index (χ3v) is 4.20. The van der Waals surface area contributed by atoms with Crippen molar-refractivity contribution >= 4 is 11.8 Å². The van der Waals surface area contributed by atoms with E-state index in [1.54, 1.807) is 23.9 Å². The molecular formula is C16H18F2N2S. The Morgan fingerprint density at radius 2 is 1.76 bits per heavy atom. The lowest BCUT2D eigenvalue weighted by atomic mass is 9.97. The number of benzene rings is 2. The predicted molar refractivity (Wildman–Crippen MR) is 83.1 cm³/mol. The number of hydrogen-bond donors (Lipinski definition) is 2. The average molecular weight is 308 g/mol. The first-order valence-corrected chi connectivity index (χ1v) is 7.70. The van der Waals surface area contributed by atoms with Gasteiger partial charge in [-0.3, -0.25) is 5.84 Å². The fourth-order valence-corrected chi connectivity index (χ4v) is 2.83. The normalized spacial score (nSPS) is 12.4. The Hall–Kier alpha value is -1.43. The third kappa shape index (κ3) is 3.43. The molecule has 112 valence electrons. The lowest BCUT2D eigenvalue weighted by molar-refractivity contribution is 0.478. The second-order valence-electron chi connectivity index (χ2n) is 4.70. The first-order valence-electron chi connectivity index (χ1n) is 6.71. The zero-order chi connectivity index (χ0) is 15.4. The van der Waals surface area contributed by atoms with Gasteiger partial charge in [0.2, 0.25) is 0 Å². The van der Waals surface area contributed by atoms with Crippen LogP contribution >= 0.6 is 11.8 Å². The van der Waals surface area contributed by atoms with Gasteiger partial charge in [0, 0.05) is 10.5 Å². The van der Waals surface area contributed by atoms with Crippen molar-refractivity contribution in [1.29, 1.82) is 0 Å². The van der Waals surface area contributed by atoms with Gasteiger partial charge in [-0.1, -0.05) is 31.2 Å². The van der Waals surface area contributed by atoms with Gasteiger partial charge in [-0.2, -0.15) is 0 Å². The van der Waals surface area contributed by atoms with Crippen LogP contribution in [0.15, 0.2) is 41.3 Å². The van der Waals surface area contributed by atoms with Crippen LogP contribution < -0.4 is 11.3 Å². The summed E-state index contributed by atoms with van der Waals surface area (Å²) in [6.07, 6.45) is 0. The van der Waals surface area contributed by atoms with Crippen LogP contribution in [0.3, 0.4) is 0 Å². The maximum absolute atomic E-state index is 14.1. The summed E-state index contributed by atoms with van der Waals surface area (Å²) in [5.41, 5.74) is 3.84. The van der Waals surface area contributed by atoms with Crippen molar-refractivity contribution in [2.75, 3.05) is 5.75 Å². The molecule has 2 nitrogen and oxygen atoms in total. The van der Waals surface area contributed by atoms with Crippen molar-refractivity contribution in [3.63, 3.8) is 0 Å². The van der Waals surface area contributed by atoms with Crippen LogP contribution in [0.25, 0.3) is 0 Å². The number of rotatable bonds is 5. The van der Waals surface area contributed by atoms with Crippen molar-refractivity contribution < 1.29 is 8.78 Å². The minimum absolute atomic E-state index is 0.205. The SMILES string of the molecule is CCSc1ccc(C(NN)c2ccc(C)c(F)c2F)cc1. The fourth-order valence-electron chi connectivity index (χ4n) is 2.17. The molecule has 0 saturated heterocycles. The molecule has 0 aliphatic carbocycles. The molecule has 0 aliphatic heterocycles. The molecule has 0 aromatic heterocycles. The second kappa shape index (κ2) is 7.02. The molecule has 1 unspecified atom stereocenters. The Kier molecular flexibility index (Phi) is 5.33. The number of hydrazine groups is 1. The number of hydrogen-bond acceptors (Lipinski definition) is 3. The quantitative estimate of drug-likeness (QED) is 0.499. The summed E-state index contributed by atoms with van der Waals surface area (Å²) < 4.78 is 27.8. The van der Waals surface area contributed by atoms with E-state index in [9.17, 15) is 8.78 Å². The van der Waals surface area contributed by atoms with Gasteiger partial charge in [-0.15, -0.1) is 11.8 Å². The number of nitrogens with one attached hydrogen (secondary N) is 1. The van der Waals surface area contributed by atoms with Gasteiger partial charge in [0.15, 0.2) is 11.6 Å². The van der Waals surface area contributed by atoms with Crippen LogP contribution in [0.1, 0.15) is 29.7 Å². The van der Waals surface area contributed by atoms with Gasteiger partial charge in [-0.05, 0) is 35.9 Å². The molecule has 0 radical (unpaired) electrons. The van der Waals surface area contributed by atoms with Gasteiger partial charge >= 0.3 is 0 Å². The van der Waals surface area contributed by atoms with E-state index < -0.39 is 17.7 Å². The van der Waals surface area contributed by atoms with Crippen LogP contribution in [0.2, 0.25) is 0 Å². The molecule has 0 saturated carbocycles. The van der Waals surface area contributed by atoms with Gasteiger partial charge < -0.3 is 0 Å². The summed E-state index contributed by atoms with van der Waals surface area (Å²) in [6, 6.07) is 10.2. The highest BCUT2D eigenvalue weighted by Crippen LogP contribution is 2.28. The Morgan fingerprint density at radius 1 is 1.10 bits per heavy atom. The highest BCUT2D eigenvalue weighted by atomic mass is 32.2. The molecule has 2 aromatic rings. The Balaban J connectivity index is 2.37. The van der Waals surface area contributed by atoms with E-state index in [4.69, 9.17) is 5.84 Å². The van der Waals surface area contributed by atoms with Gasteiger partial charge in [0.1, 0.15) is 0 Å². The minimum Gasteiger partial charge on any atom is -0.271 e. The van der Waals surface area contributed by atoms with Crippen LogP contribution in [-0.4, -0.2) is 5.75 Å². The number of aryl methyl sites for hydroxylation is 1. The summed E-state index contributed by atoms with van der Waals surface area (Å²) >= 11 is 1.72. The molecule has 3 N–H and O–H groups in total. The van der Waals surface area contributed by atoms with Crippen molar-refractivity contribution in [1.82, 2.24) is 5.43 Å². The highest BCUT2D eigenvalue weighted by molar-refractivity contribution is 7.99. The smallest absolute Gasteiger partial charge is 0.164 e. The van der Waals surface area contributed by atoms with Crippen molar-refractivity contribution in [2.24, 2.45) is 5.84 Å². The summed E-state index contributed by atoms with van der Waals surface area (Å²) in [5, 5.41) is 0. The molecule has 0 fully saturated rings. The summed E-state index contributed by atoms with van der Waals surface area (Å²) in [4.78, 5) is 1.13. The van der Waals surface area contributed by atoms with E-state index >= 15 is 0 Å². The van der Waals surface area contributed by atoms with Crippen LogP contribution in [-0.2, 0) is 0 Å². The zero-order valence-electron chi connectivity index (χ0n) is 12.0. The van der Waals surface area contributed by atoms with E-state index in [1.807, 2.05) is 24.3 Å². The van der Waals surface area contributed by atoms with Crippen LogP contribution in [0, 0.1) is 18.6 Å². The van der Waals surface area contributed by atoms with E-state index in [-0.39, 0.29) is 11.1 Å². The van der Waals surface area contributed by atoms with E-state index in [0.717, 1.165) is 16.2 Å². The van der Waals surface area contributed by atoms with Crippen molar-refractivity contribution in [3.05, 3.63) is 64.7 Å². The van der Waals surface area contributed by atoms with Crippen molar-refractivity contribution in [2.45, 2.75) is 24.8 Å². The molecule has 1 atom stereocenters. The molecule has 0 aliphatic rings. The standard InChI is InChI=1S/C16H18F2N2S/c1-3-21-12-7-5-11(6-8-12)16(20-19)13-9-4-10(2)14(17)15(13)18/h4-9,16,20H,3,19H2,1-2H3. The number of halogens is 2. The molecule has 21 heavy (non-hydrogen) atoms. The topological polar surface area (TPSA) is 38.0 Å². The highest BCUT2D eigenvalue weighted by Gasteiger charge is 2.20. The molecule has 0 heterocycles. The van der Waals surface area contributed by atoms with Gasteiger partial charge in [-0.25, -0.2) is 14.2 Å². The lowest BCUT2D eigenvalue weighted by Gasteiger charge is -2.18. The maximum Gasteiger partial charge on any atom is 0.164 e. The minimum atomic E-state index is -0.857. The van der Waals surface area contributed by atoms with Crippen molar-refractivity contribution in [3.8, 4) is 0 Å². The molecule has 5 heteroatoms. The van der Waals surface area contributed by atoms with E-state index in [0.29, 0.717) is 0 Å². The monoisotopic (exact) mass is 308 g/mol. The van der Waals surface area contributed by atoms with Gasteiger partial charge in [0.05, 0.1) is 6.04 Å². The first-order chi connectivity index (χ1) is 10.1. The molecular weight excluding hydrogens is 290 g/mol. The lowest BCUT2D eigenvalue weighted by Crippen LogP contribution is -2.29.